The van der Waals surface area contributed by atoms with Crippen molar-refractivity contribution in [2.24, 2.45) is 0 Å². The maximum absolute atomic E-state index is 13.2. The first kappa shape index (κ1) is 56.6. The maximum atomic E-state index is 13.2. The van der Waals surface area contributed by atoms with Gasteiger partial charge in [-0.05, 0) is 146 Å². The number of fused-ring (bicyclic) bond motifs is 7. The van der Waals surface area contributed by atoms with Crippen LogP contribution in [-0.2, 0) is 35.9 Å². The van der Waals surface area contributed by atoms with Gasteiger partial charge in [-0.15, -0.1) is 0 Å². The summed E-state index contributed by atoms with van der Waals surface area (Å²) in [6.07, 6.45) is 16.5. The number of urea groups is 1. The summed E-state index contributed by atoms with van der Waals surface area (Å²) in [7, 11) is -8.19. The first-order valence-electron chi connectivity index (χ1n) is 27.7. The highest BCUT2D eigenvalue weighted by molar-refractivity contribution is 8.03. The summed E-state index contributed by atoms with van der Waals surface area (Å²) in [5.74, 6) is 0.306. The van der Waals surface area contributed by atoms with Gasteiger partial charge in [0.2, 0.25) is 11.6 Å². The van der Waals surface area contributed by atoms with Crippen LogP contribution in [-0.4, -0.2) is 95.8 Å². The van der Waals surface area contributed by atoms with Crippen LogP contribution in [0.25, 0.3) is 21.5 Å². The standard InChI is InChI=1S/C62H71N5O8S4/c1-61(2)53(66(36-11-13-38-78(70,71)72)50-32-24-41-16-5-7-20-47(41)56(50)61)34-26-43-18-15-19-44(27-35-54-62(3,4)57-48-21-8-6-17-42(48)25-33-51(57)67(54)37-12-14-39-79(73,74)75)59(43)77-46-30-28-45(29-31-46)63-55(68)23-10-9-22-52-58-49(40-76-52)64-60(69)65-58/h5-8,16-17,20-21,24-35,49,52,58H,9-15,18-19,22-23,36-40H2,1-4H3,(H4-,63,64,65,68,69,70,71,72,73,74,75)/p+1. The van der Waals surface area contributed by atoms with Gasteiger partial charge in [0.15, 0.2) is 5.71 Å². The van der Waals surface area contributed by atoms with Gasteiger partial charge in [-0.3, -0.25) is 13.9 Å². The van der Waals surface area contributed by atoms with Gasteiger partial charge >= 0.3 is 6.03 Å². The predicted octanol–water partition coefficient (Wildman–Crippen LogP) is 12.8. The second-order valence-corrected chi connectivity index (χ2v) is 28.1. The van der Waals surface area contributed by atoms with Crippen LogP contribution in [0.1, 0.15) is 109 Å². The van der Waals surface area contributed by atoms with Crippen molar-refractivity contribution >= 4 is 100 Å². The number of allylic oxidation sites excluding steroid dienone is 7. The topological polar surface area (TPSA) is 185 Å². The number of carbonyl (C=O) groups excluding carboxylic acids is 2. The van der Waals surface area contributed by atoms with Gasteiger partial charge in [0.25, 0.3) is 20.2 Å². The number of nitrogens with zero attached hydrogens (tertiary/aromatic N) is 2. The molecule has 17 heteroatoms. The van der Waals surface area contributed by atoms with Crippen molar-refractivity contribution in [1.29, 1.82) is 0 Å². The summed E-state index contributed by atoms with van der Waals surface area (Å²) in [4.78, 5) is 29.6. The van der Waals surface area contributed by atoms with Crippen molar-refractivity contribution in [3.63, 3.8) is 0 Å². The number of carbonyl (C=O) groups is 2. The molecule has 4 heterocycles. The fourth-order valence-electron chi connectivity index (χ4n) is 12.6. The molecule has 5 aliphatic rings. The molecule has 0 saturated carbocycles. The molecule has 0 bridgehead atoms. The largest absolute Gasteiger partial charge is 0.344 e. The zero-order valence-electron chi connectivity index (χ0n) is 45.5. The molecule has 0 spiro atoms. The molecule has 5 N–H and O–H groups in total. The number of benzene rings is 5. The normalized spacial score (nSPS) is 21.6. The number of hydrogen-bond acceptors (Lipinski definition) is 9. The SMILES string of the molecule is CC1(C)C(/C=C/C2=C(Sc3ccc(NC(=O)CCCCC4SCC5NC(=O)NC54)cc3)C(=C/C=C3/N(CCCCS(=O)(=O)O)c4ccc5ccccc5c4C3(C)C)/CCC2)=[N+](CCCCS(=O)(=O)O)c2ccc3ccccc3c21. The molecule has 5 aromatic rings. The molecular weight excluding hydrogens is 1070 g/mol. The summed E-state index contributed by atoms with van der Waals surface area (Å²) in [5, 5.41) is 14.2. The summed E-state index contributed by atoms with van der Waals surface area (Å²) >= 11 is 3.60. The highest BCUT2D eigenvalue weighted by Crippen LogP contribution is 2.52. The smallest absolute Gasteiger partial charge is 0.315 e. The number of nitrogens with one attached hydrogen (secondary N) is 3. The Balaban J connectivity index is 0.976. The lowest BCUT2D eigenvalue weighted by Crippen LogP contribution is -2.36. The molecule has 3 unspecified atom stereocenters. The minimum absolute atomic E-state index is 0.0266. The number of rotatable bonds is 21. The summed E-state index contributed by atoms with van der Waals surface area (Å²) in [6.45, 7) is 10.2. The van der Waals surface area contributed by atoms with Crippen LogP contribution < -0.4 is 20.9 Å². The van der Waals surface area contributed by atoms with Crippen LogP contribution in [0.4, 0.5) is 21.9 Å². The lowest BCUT2D eigenvalue weighted by Gasteiger charge is -2.28. The van der Waals surface area contributed by atoms with E-state index in [1.165, 1.54) is 33.0 Å². The lowest BCUT2D eigenvalue weighted by molar-refractivity contribution is -0.438. The Morgan fingerprint density at radius 3 is 2.18 bits per heavy atom. The first-order chi connectivity index (χ1) is 37.7. The van der Waals surface area contributed by atoms with Crippen molar-refractivity contribution in [3.8, 4) is 0 Å². The summed E-state index contributed by atoms with van der Waals surface area (Å²) in [6, 6.07) is 33.9. The Bertz CT molecular complexity index is 3580. The van der Waals surface area contributed by atoms with E-state index >= 15 is 0 Å². The Hall–Kier alpha value is -5.69. The van der Waals surface area contributed by atoms with Crippen LogP contribution in [0.3, 0.4) is 0 Å². The van der Waals surface area contributed by atoms with Crippen molar-refractivity contribution in [3.05, 3.63) is 154 Å². The molecule has 2 fully saturated rings. The molecule has 3 atom stereocenters. The van der Waals surface area contributed by atoms with E-state index in [1.807, 2.05) is 23.9 Å². The highest BCUT2D eigenvalue weighted by atomic mass is 32.2. The third kappa shape index (κ3) is 12.6. The quantitative estimate of drug-likeness (QED) is 0.0204. The Morgan fingerprint density at radius 2 is 1.46 bits per heavy atom. The van der Waals surface area contributed by atoms with Gasteiger partial charge in [0.05, 0.1) is 29.0 Å². The molecule has 0 aromatic heterocycles. The molecule has 5 aromatic carbocycles. The van der Waals surface area contributed by atoms with Gasteiger partial charge in [-0.2, -0.15) is 33.2 Å². The monoisotopic (exact) mass is 1140 g/mol. The van der Waals surface area contributed by atoms with E-state index in [9.17, 15) is 35.5 Å². The maximum Gasteiger partial charge on any atom is 0.315 e. The second-order valence-electron chi connectivity index (χ2n) is 22.6. The van der Waals surface area contributed by atoms with Gasteiger partial charge < -0.3 is 20.9 Å². The molecular formula is C62H72N5O8S4+. The number of thioether (sulfide) groups is 2. The van der Waals surface area contributed by atoms with Crippen molar-refractivity contribution in [2.75, 3.05) is 40.6 Å². The number of anilines is 2. The average molecular weight is 1140 g/mol. The number of amides is 3. The van der Waals surface area contributed by atoms with Crippen LogP contribution in [0.2, 0.25) is 0 Å². The predicted molar refractivity (Wildman–Crippen MR) is 323 cm³/mol. The molecule has 1 aliphatic carbocycles. The Labute approximate surface area is 474 Å². The fourth-order valence-corrected chi connectivity index (χ4v) is 16.4. The van der Waals surface area contributed by atoms with E-state index in [0.717, 1.165) is 93.3 Å². The molecule has 13 nitrogen and oxygen atoms in total. The molecule has 4 aliphatic heterocycles. The Morgan fingerprint density at radius 1 is 0.772 bits per heavy atom. The third-order valence-corrected chi connectivity index (χ3v) is 20.7. The zero-order valence-corrected chi connectivity index (χ0v) is 48.7. The summed E-state index contributed by atoms with van der Waals surface area (Å²) in [5.41, 5.74) is 9.13. The molecule has 79 heavy (non-hydrogen) atoms. The van der Waals surface area contributed by atoms with Gasteiger partial charge in [-0.25, -0.2) is 4.79 Å². The number of unbranched alkanes of at least 4 members (excludes halogenated alkanes) is 3. The average Bonchev–Trinajstić information content (AvgIpc) is 4.22. The second kappa shape index (κ2) is 23.4. The van der Waals surface area contributed by atoms with Crippen molar-refractivity contribution < 1.29 is 40.1 Å². The van der Waals surface area contributed by atoms with E-state index < -0.39 is 31.1 Å². The van der Waals surface area contributed by atoms with Crippen molar-refractivity contribution in [2.45, 2.75) is 131 Å². The van der Waals surface area contributed by atoms with Gasteiger partial charge in [0.1, 0.15) is 6.54 Å². The molecule has 3 amide bonds. The molecule has 0 radical (unpaired) electrons. The van der Waals surface area contributed by atoms with E-state index in [4.69, 9.17) is 0 Å². The third-order valence-electron chi connectivity index (χ3n) is 16.4. The van der Waals surface area contributed by atoms with Crippen LogP contribution >= 0.6 is 23.5 Å². The van der Waals surface area contributed by atoms with E-state index in [-0.39, 0.29) is 35.5 Å². The van der Waals surface area contributed by atoms with Crippen molar-refractivity contribution in [1.82, 2.24) is 10.6 Å². The molecule has 416 valence electrons. The molecule has 10 rings (SSSR count). The van der Waals surface area contributed by atoms with E-state index in [1.54, 1.807) is 11.8 Å². The highest BCUT2D eigenvalue weighted by Gasteiger charge is 2.46. The minimum Gasteiger partial charge on any atom is -0.344 e. The molecule has 2 saturated heterocycles. The van der Waals surface area contributed by atoms with Gasteiger partial charge in [-0.1, -0.05) is 98.8 Å². The zero-order chi connectivity index (χ0) is 55.7. The van der Waals surface area contributed by atoms with Crippen LogP contribution in [0.5, 0.6) is 0 Å². The minimum atomic E-state index is -4.10. The summed E-state index contributed by atoms with van der Waals surface area (Å²) < 4.78 is 68.6. The number of hydrogen-bond donors (Lipinski definition) is 5. The first-order valence-corrected chi connectivity index (χ1v) is 32.8. The van der Waals surface area contributed by atoms with E-state index in [0.29, 0.717) is 50.4 Å². The van der Waals surface area contributed by atoms with Crippen LogP contribution in [0, 0.1) is 0 Å². The fraction of sp³-hybridized carbons (Fsp3) is 0.403. The Kier molecular flexibility index (Phi) is 16.8. The lowest BCUT2D eigenvalue weighted by atomic mass is 9.78. The van der Waals surface area contributed by atoms with Crippen LogP contribution in [0.15, 0.2) is 148 Å². The van der Waals surface area contributed by atoms with Gasteiger partial charge in [0, 0.05) is 80.4 Å². The van der Waals surface area contributed by atoms with E-state index in [2.05, 4.69) is 162 Å².